The van der Waals surface area contributed by atoms with E-state index in [4.69, 9.17) is 5.73 Å². The largest absolute Gasteiger partial charge is 0.573 e. The van der Waals surface area contributed by atoms with Crippen molar-refractivity contribution in [3.05, 3.63) is 36.2 Å². The molecule has 4 N–H and O–H groups in total. The number of aliphatic carboxylic acids is 1. The highest BCUT2D eigenvalue weighted by molar-refractivity contribution is 7.91. The van der Waals surface area contributed by atoms with Gasteiger partial charge in [-0.15, -0.1) is 13.2 Å². The molecule has 210 valence electrons. The number of thiazole rings is 1. The number of carboxylic acid groups (broad SMARTS) is 1. The van der Waals surface area contributed by atoms with Crippen molar-refractivity contribution >= 4 is 55.0 Å². The second-order valence-electron chi connectivity index (χ2n) is 8.83. The van der Waals surface area contributed by atoms with Crippen LogP contribution in [-0.4, -0.2) is 79.4 Å². The minimum atomic E-state index is -5.09. The summed E-state index contributed by atoms with van der Waals surface area (Å²) in [5.74, 6) is -3.05. The molecule has 3 heterocycles. The third-order valence-electron chi connectivity index (χ3n) is 5.93. The van der Waals surface area contributed by atoms with Gasteiger partial charge < -0.3 is 25.4 Å². The number of hydrogen-bond donors (Lipinski definition) is 3. The fourth-order valence-corrected chi connectivity index (χ4v) is 6.42. The maximum atomic E-state index is 13.2. The fourth-order valence-electron chi connectivity index (χ4n) is 4.14. The number of carbonyl (C=O) groups excluding carboxylic acids is 1. The van der Waals surface area contributed by atoms with E-state index in [2.05, 4.69) is 19.4 Å². The Hall–Kier alpha value is -3.70. The van der Waals surface area contributed by atoms with Gasteiger partial charge in [-0.3, -0.25) is 4.79 Å². The zero-order valence-corrected chi connectivity index (χ0v) is 22.1. The number of alkyl halides is 3. The van der Waals surface area contributed by atoms with Crippen LogP contribution in [0.2, 0.25) is 0 Å². The fraction of sp³-hybridized carbons (Fsp3) is 0.364. The van der Waals surface area contributed by atoms with E-state index < -0.39 is 52.5 Å². The van der Waals surface area contributed by atoms with Crippen molar-refractivity contribution in [3.63, 3.8) is 0 Å². The van der Waals surface area contributed by atoms with Crippen LogP contribution in [0.3, 0.4) is 0 Å². The average molecular weight is 589 g/mol. The number of likely N-dealkylation sites (tertiary alicyclic amines) is 1. The number of nitrogens with two attached hydrogens (primary N) is 1. The summed E-state index contributed by atoms with van der Waals surface area (Å²) in [5, 5.41) is 10.9. The summed E-state index contributed by atoms with van der Waals surface area (Å²) in [5.41, 5.74) is 5.63. The minimum absolute atomic E-state index is 0.0486. The lowest BCUT2D eigenvalue weighted by Gasteiger charge is -2.26. The number of sulfonamides is 1. The van der Waals surface area contributed by atoms with E-state index in [1.807, 2.05) is 0 Å². The molecule has 2 atom stereocenters. The Morgan fingerprint density at radius 2 is 2.08 bits per heavy atom. The normalized spacial score (nSPS) is 17.0. The monoisotopic (exact) mass is 588 g/mol. The summed E-state index contributed by atoms with van der Waals surface area (Å²) in [6.07, 6.45) is -3.21. The van der Waals surface area contributed by atoms with Crippen LogP contribution in [-0.2, 0) is 26.0 Å². The standard InChI is InChI=1S/C22H23F3N6O6S2/c1-30(2)21-28-10-17(38-21)39(35,36)29-14-4-6-31(19(14)32)15(20(33)34)8-12-7-11-3-5-27-18(26)13(11)9-16(12)37-22(23,24)25/h3,5,7,9-10,14-15,29H,4,6,8H2,1-2H3,(H2,26,27)(H,33,34)/t14-,15+/m0/s1. The van der Waals surface area contributed by atoms with Gasteiger partial charge in [0.2, 0.25) is 5.91 Å². The number of ether oxygens (including phenoxy) is 1. The summed E-state index contributed by atoms with van der Waals surface area (Å²) >= 11 is 0.880. The Balaban J connectivity index is 1.60. The van der Waals surface area contributed by atoms with Gasteiger partial charge >= 0.3 is 12.3 Å². The number of hydrogen-bond acceptors (Lipinski definition) is 10. The predicted molar refractivity (Wildman–Crippen MR) is 135 cm³/mol. The molecule has 12 nitrogen and oxygen atoms in total. The summed E-state index contributed by atoms with van der Waals surface area (Å²) in [6, 6.07) is 0.907. The first-order valence-electron chi connectivity index (χ1n) is 11.3. The molecule has 1 fully saturated rings. The summed E-state index contributed by atoms with van der Waals surface area (Å²) in [4.78, 5) is 35.7. The van der Waals surface area contributed by atoms with Gasteiger partial charge in [0.1, 0.15) is 23.7 Å². The molecular formula is C22H23F3N6O6S2. The molecule has 0 saturated carbocycles. The van der Waals surface area contributed by atoms with Crippen LogP contribution >= 0.6 is 11.3 Å². The van der Waals surface area contributed by atoms with Crippen LogP contribution in [0.25, 0.3) is 10.8 Å². The van der Waals surface area contributed by atoms with Crippen LogP contribution in [0.4, 0.5) is 24.1 Å². The van der Waals surface area contributed by atoms with Gasteiger partial charge in [-0.05, 0) is 35.6 Å². The molecule has 1 aliphatic rings. The quantitative estimate of drug-likeness (QED) is 0.335. The molecular weight excluding hydrogens is 565 g/mol. The number of carbonyl (C=O) groups is 2. The van der Waals surface area contributed by atoms with E-state index in [1.165, 1.54) is 18.3 Å². The van der Waals surface area contributed by atoms with E-state index >= 15 is 0 Å². The lowest BCUT2D eigenvalue weighted by molar-refractivity contribution is -0.274. The molecule has 0 spiro atoms. The Bertz CT molecular complexity index is 1530. The number of nitrogen functional groups attached to an aromatic ring is 1. The highest BCUT2D eigenvalue weighted by Crippen LogP contribution is 2.34. The highest BCUT2D eigenvalue weighted by atomic mass is 32.2. The van der Waals surface area contributed by atoms with Crippen LogP contribution < -0.4 is 20.1 Å². The van der Waals surface area contributed by atoms with Crippen molar-refractivity contribution in [3.8, 4) is 5.75 Å². The maximum Gasteiger partial charge on any atom is 0.573 e. The third-order valence-corrected chi connectivity index (χ3v) is 9.03. The van der Waals surface area contributed by atoms with Gasteiger partial charge in [-0.2, -0.15) is 4.72 Å². The highest BCUT2D eigenvalue weighted by Gasteiger charge is 2.42. The number of carboxylic acids is 1. The molecule has 0 bridgehead atoms. The number of nitrogens with one attached hydrogen (secondary N) is 1. The number of nitrogens with zero attached hydrogens (tertiary/aromatic N) is 4. The average Bonchev–Trinajstić information content (AvgIpc) is 3.46. The molecule has 0 unspecified atom stereocenters. The van der Waals surface area contributed by atoms with Crippen LogP contribution in [0, 0.1) is 0 Å². The van der Waals surface area contributed by atoms with E-state index in [0.29, 0.717) is 10.5 Å². The molecule has 4 rings (SSSR count). The first kappa shape index (κ1) is 28.3. The zero-order valence-electron chi connectivity index (χ0n) is 20.5. The lowest BCUT2D eigenvalue weighted by Crippen LogP contribution is -2.48. The molecule has 1 aliphatic heterocycles. The molecule has 2 aromatic heterocycles. The van der Waals surface area contributed by atoms with Gasteiger partial charge in [0.25, 0.3) is 10.0 Å². The first-order chi connectivity index (χ1) is 18.2. The number of benzene rings is 1. The van der Waals surface area contributed by atoms with Gasteiger partial charge in [0.15, 0.2) is 9.34 Å². The maximum absolute atomic E-state index is 13.2. The van der Waals surface area contributed by atoms with E-state index in [-0.39, 0.29) is 33.9 Å². The second kappa shape index (κ2) is 10.5. The zero-order chi connectivity index (χ0) is 28.7. The van der Waals surface area contributed by atoms with Crippen molar-refractivity contribution in [1.82, 2.24) is 19.6 Å². The van der Waals surface area contributed by atoms with Crippen molar-refractivity contribution in [2.75, 3.05) is 31.3 Å². The Morgan fingerprint density at radius 1 is 1.36 bits per heavy atom. The molecule has 3 aromatic rings. The Labute approximate surface area is 224 Å². The molecule has 1 amide bonds. The van der Waals surface area contributed by atoms with Crippen molar-refractivity contribution < 1.29 is 41.0 Å². The van der Waals surface area contributed by atoms with Gasteiger partial charge in [0.05, 0.1) is 6.20 Å². The Kier molecular flexibility index (Phi) is 7.59. The smallest absolute Gasteiger partial charge is 0.480 e. The molecule has 0 aliphatic carbocycles. The molecule has 1 saturated heterocycles. The lowest BCUT2D eigenvalue weighted by atomic mass is 10.00. The summed E-state index contributed by atoms with van der Waals surface area (Å²) in [6.45, 7) is -0.144. The molecule has 17 heteroatoms. The van der Waals surface area contributed by atoms with Crippen LogP contribution in [0.15, 0.2) is 34.8 Å². The SMILES string of the molecule is CN(C)c1ncc(S(=O)(=O)N[C@H]2CCN([C@H](Cc3cc4ccnc(N)c4cc3OC(F)(F)F)C(=O)O)C2=O)s1. The summed E-state index contributed by atoms with van der Waals surface area (Å²) in [7, 11) is -0.791. The summed E-state index contributed by atoms with van der Waals surface area (Å²) < 4.78 is 71.4. The van der Waals surface area contributed by atoms with Crippen molar-refractivity contribution in [2.45, 2.75) is 35.5 Å². The van der Waals surface area contributed by atoms with Crippen molar-refractivity contribution in [2.24, 2.45) is 0 Å². The molecule has 1 aromatic carbocycles. The number of fused-ring (bicyclic) bond motifs is 1. The Morgan fingerprint density at radius 3 is 2.69 bits per heavy atom. The number of halogens is 3. The third kappa shape index (κ3) is 6.15. The number of pyridine rings is 1. The van der Waals surface area contributed by atoms with E-state index in [1.54, 1.807) is 19.0 Å². The van der Waals surface area contributed by atoms with Crippen LogP contribution in [0.1, 0.15) is 12.0 Å². The second-order valence-corrected chi connectivity index (χ2v) is 11.8. The van der Waals surface area contributed by atoms with E-state index in [9.17, 15) is 36.3 Å². The van der Waals surface area contributed by atoms with E-state index in [0.717, 1.165) is 28.5 Å². The topological polar surface area (TPSA) is 168 Å². The number of anilines is 2. The van der Waals surface area contributed by atoms with Crippen LogP contribution in [0.5, 0.6) is 5.75 Å². The number of amides is 1. The minimum Gasteiger partial charge on any atom is -0.480 e. The number of rotatable bonds is 9. The number of aromatic nitrogens is 2. The van der Waals surface area contributed by atoms with Crippen molar-refractivity contribution in [1.29, 1.82) is 0 Å². The van der Waals surface area contributed by atoms with Gasteiger partial charge in [0, 0.05) is 38.6 Å². The predicted octanol–water partition coefficient (Wildman–Crippen LogP) is 1.81. The molecule has 0 radical (unpaired) electrons. The molecule has 39 heavy (non-hydrogen) atoms. The first-order valence-corrected chi connectivity index (χ1v) is 13.6. The van der Waals surface area contributed by atoms with Gasteiger partial charge in [-0.25, -0.2) is 23.2 Å². The van der Waals surface area contributed by atoms with Gasteiger partial charge in [-0.1, -0.05) is 11.3 Å².